The fraction of sp³-hybridized carbons (Fsp3) is 0.261. The molecule has 0 bridgehead atoms. The minimum Gasteiger partial charge on any atom is -0.370 e. The summed E-state index contributed by atoms with van der Waals surface area (Å²) in [6.07, 6.45) is 0.872. The monoisotopic (exact) mass is 372 g/mol. The smallest absolute Gasteiger partial charge is 0.277 e. The number of rotatable bonds is 5. The summed E-state index contributed by atoms with van der Waals surface area (Å²) >= 11 is 0. The highest BCUT2D eigenvalue weighted by atomic mass is 16.2. The normalized spacial score (nSPS) is 12.9. The lowest BCUT2D eigenvalue weighted by Gasteiger charge is -2.18. The van der Waals surface area contributed by atoms with Gasteiger partial charge in [0.15, 0.2) is 5.82 Å². The van der Waals surface area contributed by atoms with E-state index in [9.17, 15) is 4.79 Å². The molecule has 0 unspecified atom stereocenters. The average molecular weight is 372 g/mol. The summed E-state index contributed by atoms with van der Waals surface area (Å²) in [4.78, 5) is 24.4. The summed E-state index contributed by atoms with van der Waals surface area (Å²) in [6.45, 7) is 5.74. The number of nitrogens with zero attached hydrogens (tertiary/aromatic N) is 3. The second-order valence-electron chi connectivity index (χ2n) is 7.44. The molecule has 0 radical (unpaired) electrons. The van der Waals surface area contributed by atoms with Crippen LogP contribution in [0.1, 0.15) is 29.9 Å². The molecule has 1 aromatic heterocycles. The highest BCUT2D eigenvalue weighted by Gasteiger charge is 2.27. The van der Waals surface area contributed by atoms with E-state index in [1.165, 1.54) is 5.56 Å². The zero-order chi connectivity index (χ0) is 19.5. The number of amides is 1. The van der Waals surface area contributed by atoms with Crippen LogP contribution < -0.4 is 10.2 Å². The van der Waals surface area contributed by atoms with Crippen LogP contribution >= 0.6 is 0 Å². The SMILES string of the molecule is CC(C)CNc1cc(C(=O)N2CCc3ccccc32)nc(-c2ccccc2)n1. The van der Waals surface area contributed by atoms with E-state index in [4.69, 9.17) is 0 Å². The lowest BCUT2D eigenvalue weighted by Crippen LogP contribution is -2.30. The quantitative estimate of drug-likeness (QED) is 0.720. The highest BCUT2D eigenvalue weighted by Crippen LogP contribution is 2.29. The number of aromatic nitrogens is 2. The molecule has 0 saturated heterocycles. The Morgan fingerprint density at radius 1 is 1.07 bits per heavy atom. The van der Waals surface area contributed by atoms with E-state index in [2.05, 4.69) is 35.2 Å². The number of anilines is 2. The maximum Gasteiger partial charge on any atom is 0.277 e. The Morgan fingerprint density at radius 3 is 2.61 bits per heavy atom. The maximum atomic E-state index is 13.3. The van der Waals surface area contributed by atoms with Gasteiger partial charge in [0.1, 0.15) is 11.5 Å². The first-order valence-corrected chi connectivity index (χ1v) is 9.70. The van der Waals surface area contributed by atoms with Gasteiger partial charge >= 0.3 is 0 Å². The van der Waals surface area contributed by atoms with Gasteiger partial charge in [-0.25, -0.2) is 9.97 Å². The maximum absolute atomic E-state index is 13.3. The topological polar surface area (TPSA) is 58.1 Å². The van der Waals surface area contributed by atoms with Crippen LogP contribution in [0.25, 0.3) is 11.4 Å². The molecule has 2 heterocycles. The van der Waals surface area contributed by atoms with Crippen LogP contribution in [0.15, 0.2) is 60.7 Å². The van der Waals surface area contributed by atoms with E-state index >= 15 is 0 Å². The number of carbonyl (C=O) groups excluding carboxylic acids is 1. The van der Waals surface area contributed by atoms with Gasteiger partial charge in [-0.15, -0.1) is 0 Å². The second kappa shape index (κ2) is 7.80. The number of hydrogen-bond donors (Lipinski definition) is 1. The van der Waals surface area contributed by atoms with Crippen molar-refractivity contribution in [1.82, 2.24) is 9.97 Å². The Bertz CT molecular complexity index is 985. The van der Waals surface area contributed by atoms with E-state index in [0.29, 0.717) is 29.8 Å². The van der Waals surface area contributed by atoms with E-state index in [-0.39, 0.29) is 5.91 Å². The van der Waals surface area contributed by atoms with Gasteiger partial charge in [-0.05, 0) is 24.0 Å². The van der Waals surface area contributed by atoms with Crippen LogP contribution in [-0.4, -0.2) is 29.0 Å². The highest BCUT2D eigenvalue weighted by molar-refractivity contribution is 6.06. The van der Waals surface area contributed by atoms with Gasteiger partial charge in [-0.2, -0.15) is 0 Å². The molecule has 4 rings (SSSR count). The molecule has 5 heteroatoms. The first-order chi connectivity index (χ1) is 13.6. The number of benzene rings is 2. The molecule has 1 aliphatic rings. The van der Waals surface area contributed by atoms with Gasteiger partial charge in [0, 0.05) is 30.4 Å². The first kappa shape index (κ1) is 18.2. The first-order valence-electron chi connectivity index (χ1n) is 9.70. The fourth-order valence-electron chi connectivity index (χ4n) is 3.36. The number of nitrogens with one attached hydrogen (secondary N) is 1. The zero-order valence-electron chi connectivity index (χ0n) is 16.2. The summed E-state index contributed by atoms with van der Waals surface area (Å²) in [5.74, 6) is 1.63. The molecule has 0 spiro atoms. The van der Waals surface area contributed by atoms with Crippen molar-refractivity contribution >= 4 is 17.4 Å². The largest absolute Gasteiger partial charge is 0.370 e. The number of fused-ring (bicyclic) bond motifs is 1. The molecule has 0 saturated carbocycles. The van der Waals surface area contributed by atoms with Gasteiger partial charge in [0.2, 0.25) is 0 Å². The van der Waals surface area contributed by atoms with E-state index < -0.39 is 0 Å². The van der Waals surface area contributed by atoms with E-state index in [1.54, 1.807) is 6.07 Å². The second-order valence-corrected chi connectivity index (χ2v) is 7.44. The van der Waals surface area contributed by atoms with Crippen molar-refractivity contribution in [1.29, 1.82) is 0 Å². The molecule has 28 heavy (non-hydrogen) atoms. The Hall–Kier alpha value is -3.21. The van der Waals surface area contributed by atoms with Crippen LogP contribution in [0.2, 0.25) is 0 Å². The summed E-state index contributed by atoms with van der Waals surface area (Å²) in [5.41, 5.74) is 3.48. The molecule has 0 atom stereocenters. The van der Waals surface area contributed by atoms with Crippen molar-refractivity contribution in [2.24, 2.45) is 5.92 Å². The predicted octanol–water partition coefficient (Wildman–Crippen LogP) is 4.41. The zero-order valence-corrected chi connectivity index (χ0v) is 16.2. The molecule has 1 aliphatic heterocycles. The van der Waals surface area contributed by atoms with E-state index in [1.807, 2.05) is 53.4 Å². The Kier molecular flexibility index (Phi) is 5.06. The van der Waals surface area contributed by atoms with Gasteiger partial charge in [0.25, 0.3) is 5.91 Å². The van der Waals surface area contributed by atoms with Gasteiger partial charge in [0.05, 0.1) is 0 Å². The minimum atomic E-state index is -0.0860. The Morgan fingerprint density at radius 2 is 1.82 bits per heavy atom. The lowest BCUT2D eigenvalue weighted by molar-refractivity contribution is 0.0984. The lowest BCUT2D eigenvalue weighted by atomic mass is 10.2. The van der Waals surface area contributed by atoms with Gasteiger partial charge in [-0.1, -0.05) is 62.4 Å². The predicted molar refractivity (Wildman–Crippen MR) is 113 cm³/mol. The molecule has 5 nitrogen and oxygen atoms in total. The molecule has 142 valence electrons. The van der Waals surface area contributed by atoms with Crippen LogP contribution in [0.3, 0.4) is 0 Å². The van der Waals surface area contributed by atoms with Crippen molar-refractivity contribution in [3.8, 4) is 11.4 Å². The summed E-state index contributed by atoms with van der Waals surface area (Å²) in [5, 5.41) is 3.34. The summed E-state index contributed by atoms with van der Waals surface area (Å²) in [7, 11) is 0. The van der Waals surface area contributed by atoms with Gasteiger partial charge in [-0.3, -0.25) is 4.79 Å². The van der Waals surface area contributed by atoms with Crippen LogP contribution in [0, 0.1) is 5.92 Å². The molecular weight excluding hydrogens is 348 g/mol. The number of hydrogen-bond acceptors (Lipinski definition) is 4. The van der Waals surface area contributed by atoms with Crippen LogP contribution in [-0.2, 0) is 6.42 Å². The van der Waals surface area contributed by atoms with Crippen molar-refractivity contribution in [3.05, 3.63) is 71.9 Å². The third-order valence-corrected chi connectivity index (χ3v) is 4.80. The third-order valence-electron chi connectivity index (χ3n) is 4.80. The van der Waals surface area contributed by atoms with Crippen molar-refractivity contribution in [2.45, 2.75) is 20.3 Å². The molecular formula is C23H24N4O. The van der Waals surface area contributed by atoms with Crippen molar-refractivity contribution in [3.63, 3.8) is 0 Å². The van der Waals surface area contributed by atoms with E-state index in [0.717, 1.165) is 24.2 Å². The van der Waals surface area contributed by atoms with Crippen LogP contribution in [0.5, 0.6) is 0 Å². The Balaban J connectivity index is 1.71. The molecule has 0 aliphatic carbocycles. The minimum absolute atomic E-state index is 0.0860. The number of para-hydroxylation sites is 1. The third kappa shape index (κ3) is 3.74. The molecule has 0 fully saturated rings. The Labute approximate surface area is 165 Å². The fourth-order valence-corrected chi connectivity index (χ4v) is 3.36. The standard InChI is InChI=1S/C23H24N4O/c1-16(2)15-24-21-14-19(25-22(26-21)18-9-4-3-5-10-18)23(28)27-13-12-17-8-6-7-11-20(17)27/h3-11,14,16H,12-13,15H2,1-2H3,(H,24,25,26). The molecule has 3 aromatic rings. The summed E-state index contributed by atoms with van der Waals surface area (Å²) < 4.78 is 0. The summed E-state index contributed by atoms with van der Waals surface area (Å²) in [6, 6.07) is 19.6. The average Bonchev–Trinajstić information content (AvgIpc) is 3.16. The molecule has 1 N–H and O–H groups in total. The van der Waals surface area contributed by atoms with Gasteiger partial charge < -0.3 is 10.2 Å². The molecule has 1 amide bonds. The number of carbonyl (C=O) groups is 1. The van der Waals surface area contributed by atoms with Crippen molar-refractivity contribution in [2.75, 3.05) is 23.3 Å². The van der Waals surface area contributed by atoms with Crippen LogP contribution in [0.4, 0.5) is 11.5 Å². The van der Waals surface area contributed by atoms with Crippen molar-refractivity contribution < 1.29 is 4.79 Å². The molecule has 2 aromatic carbocycles.